The van der Waals surface area contributed by atoms with Gasteiger partial charge in [0.2, 0.25) is 5.91 Å². The molecule has 1 aromatic rings. The molecule has 1 fully saturated rings. The van der Waals surface area contributed by atoms with Gasteiger partial charge in [-0.3, -0.25) is 4.79 Å². The van der Waals surface area contributed by atoms with Crippen LogP contribution in [0.3, 0.4) is 0 Å². The van der Waals surface area contributed by atoms with Gasteiger partial charge in [0.25, 0.3) is 0 Å². The van der Waals surface area contributed by atoms with Gasteiger partial charge in [0.15, 0.2) is 0 Å². The highest BCUT2D eigenvalue weighted by Crippen LogP contribution is 2.27. The first-order chi connectivity index (χ1) is 9.28. The highest BCUT2D eigenvalue weighted by Gasteiger charge is 2.20. The number of halogens is 1. The number of rotatable bonds is 8. The van der Waals surface area contributed by atoms with Gasteiger partial charge in [0.05, 0.1) is 13.2 Å². The molecule has 0 atom stereocenters. The zero-order chi connectivity index (χ0) is 13.5. The van der Waals surface area contributed by atoms with Crippen molar-refractivity contribution in [3.05, 3.63) is 29.8 Å². The molecular weight excluding hydrogens is 276 g/mol. The summed E-state index contributed by atoms with van der Waals surface area (Å²) in [5.41, 5.74) is 1.06. The number of carbonyl (C=O) groups excluding carboxylic acids is 1. The van der Waals surface area contributed by atoms with E-state index in [9.17, 15) is 4.79 Å². The summed E-state index contributed by atoms with van der Waals surface area (Å²) in [6.45, 7) is 4.53. The number of nitrogens with one attached hydrogen (secondary N) is 2. The topological polar surface area (TPSA) is 50.4 Å². The van der Waals surface area contributed by atoms with Crippen LogP contribution in [-0.4, -0.2) is 25.6 Å². The lowest BCUT2D eigenvalue weighted by molar-refractivity contribution is -0.120. The summed E-state index contributed by atoms with van der Waals surface area (Å²) in [6.07, 6.45) is 2.61. The molecule has 4 nitrogen and oxygen atoms in total. The lowest BCUT2D eigenvalue weighted by Gasteiger charge is -2.08. The van der Waals surface area contributed by atoms with Crippen LogP contribution < -0.4 is 15.4 Å². The van der Waals surface area contributed by atoms with Crippen LogP contribution in [0, 0.1) is 5.92 Å². The van der Waals surface area contributed by atoms with E-state index in [1.54, 1.807) is 0 Å². The Hall–Kier alpha value is -1.26. The Kier molecular flexibility index (Phi) is 7.41. The van der Waals surface area contributed by atoms with E-state index in [1.165, 1.54) is 12.8 Å². The number of carbonyl (C=O) groups is 1. The van der Waals surface area contributed by atoms with Gasteiger partial charge < -0.3 is 15.4 Å². The molecule has 112 valence electrons. The first kappa shape index (κ1) is 16.8. The van der Waals surface area contributed by atoms with E-state index in [0.717, 1.165) is 23.8 Å². The summed E-state index contributed by atoms with van der Waals surface area (Å²) in [6, 6.07) is 7.81. The van der Waals surface area contributed by atoms with Gasteiger partial charge in [-0.1, -0.05) is 12.1 Å². The maximum absolute atomic E-state index is 11.6. The fourth-order valence-electron chi connectivity index (χ4n) is 1.89. The SMILES string of the molecule is CCOc1cccc(CNC(=O)CNCC2CC2)c1.Cl. The highest BCUT2D eigenvalue weighted by atomic mass is 35.5. The van der Waals surface area contributed by atoms with Crippen molar-refractivity contribution >= 4 is 18.3 Å². The zero-order valence-corrected chi connectivity index (χ0v) is 12.7. The molecule has 0 aliphatic heterocycles. The first-order valence-corrected chi connectivity index (χ1v) is 6.97. The van der Waals surface area contributed by atoms with E-state index in [2.05, 4.69) is 10.6 Å². The van der Waals surface area contributed by atoms with Crippen molar-refractivity contribution in [2.45, 2.75) is 26.3 Å². The van der Waals surface area contributed by atoms with Crippen LogP contribution in [0.25, 0.3) is 0 Å². The van der Waals surface area contributed by atoms with Crippen molar-refractivity contribution in [1.82, 2.24) is 10.6 Å². The van der Waals surface area contributed by atoms with Crippen molar-refractivity contribution in [3.63, 3.8) is 0 Å². The monoisotopic (exact) mass is 298 g/mol. The van der Waals surface area contributed by atoms with Gasteiger partial charge in [-0.25, -0.2) is 0 Å². The number of amides is 1. The average molecular weight is 299 g/mol. The number of hydrogen-bond donors (Lipinski definition) is 2. The van der Waals surface area contributed by atoms with Crippen LogP contribution in [0.4, 0.5) is 0 Å². The third kappa shape index (κ3) is 6.26. The van der Waals surface area contributed by atoms with Gasteiger partial charge in [-0.15, -0.1) is 12.4 Å². The Labute approximate surface area is 126 Å². The number of benzene rings is 1. The number of ether oxygens (including phenoxy) is 1. The first-order valence-electron chi connectivity index (χ1n) is 6.97. The molecule has 0 unspecified atom stereocenters. The summed E-state index contributed by atoms with van der Waals surface area (Å²) in [5.74, 6) is 1.69. The van der Waals surface area contributed by atoms with Gasteiger partial charge in [0.1, 0.15) is 5.75 Å². The van der Waals surface area contributed by atoms with Gasteiger partial charge >= 0.3 is 0 Å². The van der Waals surface area contributed by atoms with E-state index < -0.39 is 0 Å². The van der Waals surface area contributed by atoms with Crippen molar-refractivity contribution in [2.75, 3.05) is 19.7 Å². The second kappa shape index (κ2) is 8.82. The lowest BCUT2D eigenvalue weighted by atomic mass is 10.2. The molecule has 0 bridgehead atoms. The van der Waals surface area contributed by atoms with Crippen LogP contribution in [0.15, 0.2) is 24.3 Å². The third-order valence-corrected chi connectivity index (χ3v) is 3.11. The average Bonchev–Trinajstić information content (AvgIpc) is 3.21. The fourth-order valence-corrected chi connectivity index (χ4v) is 1.89. The largest absolute Gasteiger partial charge is 0.494 e. The second-order valence-electron chi connectivity index (χ2n) is 4.93. The molecule has 0 aromatic heterocycles. The molecule has 1 aliphatic carbocycles. The molecule has 0 radical (unpaired) electrons. The summed E-state index contributed by atoms with van der Waals surface area (Å²) < 4.78 is 5.43. The predicted molar refractivity (Wildman–Crippen MR) is 82.3 cm³/mol. The van der Waals surface area contributed by atoms with Crippen LogP contribution in [-0.2, 0) is 11.3 Å². The summed E-state index contributed by atoms with van der Waals surface area (Å²) >= 11 is 0. The molecule has 0 spiro atoms. The Morgan fingerprint density at radius 2 is 2.20 bits per heavy atom. The molecule has 0 saturated heterocycles. The predicted octanol–water partition coefficient (Wildman–Crippen LogP) is 2.12. The Balaban J connectivity index is 0.00000200. The minimum Gasteiger partial charge on any atom is -0.494 e. The lowest BCUT2D eigenvalue weighted by Crippen LogP contribution is -2.34. The molecule has 1 amide bonds. The molecule has 20 heavy (non-hydrogen) atoms. The molecule has 1 aliphatic rings. The minimum atomic E-state index is 0. The zero-order valence-electron chi connectivity index (χ0n) is 11.9. The van der Waals surface area contributed by atoms with Crippen LogP contribution in [0.2, 0.25) is 0 Å². The van der Waals surface area contributed by atoms with E-state index in [-0.39, 0.29) is 18.3 Å². The van der Waals surface area contributed by atoms with E-state index in [1.807, 2.05) is 31.2 Å². The molecule has 5 heteroatoms. The summed E-state index contributed by atoms with van der Waals surface area (Å²) in [5, 5.41) is 6.08. The molecule has 0 heterocycles. The van der Waals surface area contributed by atoms with E-state index in [4.69, 9.17) is 4.74 Å². The minimum absolute atomic E-state index is 0. The smallest absolute Gasteiger partial charge is 0.234 e. The van der Waals surface area contributed by atoms with E-state index >= 15 is 0 Å². The molecule has 2 N–H and O–H groups in total. The van der Waals surface area contributed by atoms with Crippen LogP contribution >= 0.6 is 12.4 Å². The Bertz CT molecular complexity index is 422. The standard InChI is InChI=1S/C15H22N2O2.ClH/c1-2-19-14-5-3-4-13(8-14)10-17-15(18)11-16-9-12-6-7-12;/h3-5,8,12,16H,2,6-7,9-11H2,1H3,(H,17,18);1H. The maximum atomic E-state index is 11.6. The molecule has 1 aromatic carbocycles. The van der Waals surface area contributed by atoms with E-state index in [0.29, 0.717) is 19.7 Å². The van der Waals surface area contributed by atoms with Crippen molar-refractivity contribution in [1.29, 1.82) is 0 Å². The van der Waals surface area contributed by atoms with Gasteiger partial charge in [0, 0.05) is 6.54 Å². The summed E-state index contributed by atoms with van der Waals surface area (Å²) in [4.78, 5) is 11.6. The Morgan fingerprint density at radius 1 is 1.40 bits per heavy atom. The highest BCUT2D eigenvalue weighted by molar-refractivity contribution is 5.85. The van der Waals surface area contributed by atoms with Gasteiger partial charge in [-0.05, 0) is 49.9 Å². The normalized spacial score (nSPS) is 13.4. The van der Waals surface area contributed by atoms with Crippen molar-refractivity contribution in [2.24, 2.45) is 5.92 Å². The van der Waals surface area contributed by atoms with Crippen molar-refractivity contribution in [3.8, 4) is 5.75 Å². The van der Waals surface area contributed by atoms with Gasteiger partial charge in [-0.2, -0.15) is 0 Å². The Morgan fingerprint density at radius 3 is 2.90 bits per heavy atom. The van der Waals surface area contributed by atoms with Crippen LogP contribution in [0.5, 0.6) is 5.75 Å². The third-order valence-electron chi connectivity index (χ3n) is 3.11. The quantitative estimate of drug-likeness (QED) is 0.773. The number of hydrogen-bond acceptors (Lipinski definition) is 3. The fraction of sp³-hybridized carbons (Fsp3) is 0.533. The molecular formula is C15H23ClN2O2. The molecule has 2 rings (SSSR count). The maximum Gasteiger partial charge on any atom is 0.234 e. The summed E-state index contributed by atoms with van der Waals surface area (Å²) in [7, 11) is 0. The van der Waals surface area contributed by atoms with Crippen molar-refractivity contribution < 1.29 is 9.53 Å². The van der Waals surface area contributed by atoms with Crippen LogP contribution in [0.1, 0.15) is 25.3 Å². The second-order valence-corrected chi connectivity index (χ2v) is 4.93. The molecule has 1 saturated carbocycles.